The molecule has 2 aliphatic rings. The standard InChI is InChI=1S/C21H21ClN2O3/c1-12-9-13-5-3-4-6-18(13)24(12)21(26)16-11-15(16)20(25)23-17-10-14(22)7-8-19(17)27-2/h3-8,10,12,15-16H,9,11H2,1-2H3,(H,23,25). The minimum atomic E-state index is -0.318. The summed E-state index contributed by atoms with van der Waals surface area (Å²) in [7, 11) is 1.54. The summed E-state index contributed by atoms with van der Waals surface area (Å²) < 4.78 is 5.26. The largest absolute Gasteiger partial charge is 0.495 e. The summed E-state index contributed by atoms with van der Waals surface area (Å²) in [6.45, 7) is 2.05. The fraction of sp³-hybridized carbons (Fsp3) is 0.333. The Morgan fingerprint density at radius 2 is 1.96 bits per heavy atom. The second kappa shape index (κ2) is 6.89. The molecule has 0 radical (unpaired) electrons. The third-order valence-corrected chi connectivity index (χ3v) is 5.54. The molecule has 1 N–H and O–H groups in total. The van der Waals surface area contributed by atoms with E-state index < -0.39 is 0 Å². The molecule has 3 unspecified atom stereocenters. The Kier molecular flexibility index (Phi) is 4.56. The molecule has 0 saturated heterocycles. The van der Waals surface area contributed by atoms with Gasteiger partial charge in [0.1, 0.15) is 5.75 Å². The zero-order valence-electron chi connectivity index (χ0n) is 15.2. The average molecular weight is 385 g/mol. The van der Waals surface area contributed by atoms with Gasteiger partial charge < -0.3 is 15.0 Å². The van der Waals surface area contributed by atoms with Crippen molar-refractivity contribution in [2.75, 3.05) is 17.3 Å². The maximum absolute atomic E-state index is 13.0. The fourth-order valence-electron chi connectivity index (χ4n) is 3.84. The second-order valence-corrected chi connectivity index (χ2v) is 7.61. The highest BCUT2D eigenvalue weighted by atomic mass is 35.5. The van der Waals surface area contributed by atoms with Crippen LogP contribution in [0.4, 0.5) is 11.4 Å². The first-order chi connectivity index (χ1) is 13.0. The molecule has 2 aromatic rings. The molecule has 1 heterocycles. The lowest BCUT2D eigenvalue weighted by molar-refractivity contribution is -0.123. The summed E-state index contributed by atoms with van der Waals surface area (Å²) in [6.07, 6.45) is 1.42. The van der Waals surface area contributed by atoms with Crippen molar-refractivity contribution < 1.29 is 14.3 Å². The van der Waals surface area contributed by atoms with Gasteiger partial charge in [-0.25, -0.2) is 0 Å². The van der Waals surface area contributed by atoms with Gasteiger partial charge in [0.15, 0.2) is 0 Å². The fourth-order valence-corrected chi connectivity index (χ4v) is 4.01. The lowest BCUT2D eigenvalue weighted by Crippen LogP contribution is -2.37. The van der Waals surface area contributed by atoms with E-state index >= 15 is 0 Å². The normalized spacial score (nSPS) is 22.9. The lowest BCUT2D eigenvalue weighted by atomic mass is 10.1. The number of halogens is 1. The van der Waals surface area contributed by atoms with Gasteiger partial charge in [-0.05, 0) is 49.6 Å². The van der Waals surface area contributed by atoms with Crippen molar-refractivity contribution in [3.63, 3.8) is 0 Å². The van der Waals surface area contributed by atoms with Gasteiger partial charge in [0.05, 0.1) is 24.6 Å². The van der Waals surface area contributed by atoms with Gasteiger partial charge in [-0.1, -0.05) is 29.8 Å². The molecular weight excluding hydrogens is 364 g/mol. The minimum Gasteiger partial charge on any atom is -0.495 e. The van der Waals surface area contributed by atoms with Crippen LogP contribution >= 0.6 is 11.6 Å². The van der Waals surface area contributed by atoms with Gasteiger partial charge in [-0.15, -0.1) is 0 Å². The summed E-state index contributed by atoms with van der Waals surface area (Å²) in [5, 5.41) is 3.36. The van der Waals surface area contributed by atoms with E-state index in [1.807, 2.05) is 30.0 Å². The molecule has 1 saturated carbocycles. The zero-order valence-corrected chi connectivity index (χ0v) is 16.0. The molecule has 5 nitrogen and oxygen atoms in total. The molecule has 0 spiro atoms. The van der Waals surface area contributed by atoms with Gasteiger partial charge in [0, 0.05) is 16.8 Å². The number of rotatable bonds is 4. The van der Waals surface area contributed by atoms with Crippen LogP contribution in [-0.2, 0) is 16.0 Å². The molecule has 4 rings (SSSR count). The Balaban J connectivity index is 1.46. The number of carbonyl (C=O) groups excluding carboxylic acids is 2. The van der Waals surface area contributed by atoms with E-state index in [4.69, 9.17) is 16.3 Å². The zero-order chi connectivity index (χ0) is 19.1. The van der Waals surface area contributed by atoms with Gasteiger partial charge in [0.2, 0.25) is 11.8 Å². The van der Waals surface area contributed by atoms with Crippen LogP contribution in [0, 0.1) is 11.8 Å². The summed E-state index contributed by atoms with van der Waals surface area (Å²) in [6, 6.07) is 13.1. The van der Waals surface area contributed by atoms with Crippen molar-refractivity contribution >= 4 is 34.8 Å². The van der Waals surface area contributed by atoms with E-state index in [1.165, 1.54) is 12.7 Å². The molecule has 0 bridgehead atoms. The van der Waals surface area contributed by atoms with Crippen molar-refractivity contribution in [2.45, 2.75) is 25.8 Å². The number of anilines is 2. The molecule has 2 amide bonds. The first kappa shape index (κ1) is 17.9. The van der Waals surface area contributed by atoms with Crippen LogP contribution in [0.1, 0.15) is 18.9 Å². The second-order valence-electron chi connectivity index (χ2n) is 7.17. The molecule has 1 aliphatic heterocycles. The van der Waals surface area contributed by atoms with Crippen molar-refractivity contribution in [3.05, 3.63) is 53.1 Å². The Hall–Kier alpha value is -2.53. The maximum atomic E-state index is 13.0. The quantitative estimate of drug-likeness (QED) is 0.869. The maximum Gasteiger partial charge on any atom is 0.231 e. The summed E-state index contributed by atoms with van der Waals surface area (Å²) in [5.41, 5.74) is 2.68. The van der Waals surface area contributed by atoms with Crippen molar-refractivity contribution in [2.24, 2.45) is 11.8 Å². The molecule has 6 heteroatoms. The minimum absolute atomic E-state index is 0.0330. The predicted octanol–water partition coefficient (Wildman–Crippen LogP) is 3.90. The van der Waals surface area contributed by atoms with Gasteiger partial charge in [-0.2, -0.15) is 0 Å². The third kappa shape index (κ3) is 3.28. The number of ether oxygens (including phenoxy) is 1. The average Bonchev–Trinajstić information content (AvgIpc) is 3.38. The topological polar surface area (TPSA) is 58.6 Å². The number of amides is 2. The third-order valence-electron chi connectivity index (χ3n) is 5.31. The van der Waals surface area contributed by atoms with Crippen molar-refractivity contribution in [1.82, 2.24) is 0 Å². The highest BCUT2D eigenvalue weighted by molar-refractivity contribution is 6.31. The van der Waals surface area contributed by atoms with Crippen LogP contribution in [0.25, 0.3) is 0 Å². The number of nitrogens with one attached hydrogen (secondary N) is 1. The van der Waals surface area contributed by atoms with Crippen LogP contribution in [0.2, 0.25) is 5.02 Å². The Morgan fingerprint density at radius 3 is 2.74 bits per heavy atom. The highest BCUT2D eigenvalue weighted by Gasteiger charge is 2.51. The number of methoxy groups -OCH3 is 1. The van der Waals surface area contributed by atoms with Crippen LogP contribution < -0.4 is 15.0 Å². The molecule has 1 fully saturated rings. The number of benzene rings is 2. The Morgan fingerprint density at radius 1 is 1.19 bits per heavy atom. The van der Waals surface area contributed by atoms with Gasteiger partial charge >= 0.3 is 0 Å². The lowest BCUT2D eigenvalue weighted by Gasteiger charge is -2.23. The van der Waals surface area contributed by atoms with Crippen LogP contribution in [0.3, 0.4) is 0 Å². The number of carbonyl (C=O) groups is 2. The SMILES string of the molecule is COc1ccc(Cl)cc1NC(=O)C1CC1C(=O)N1c2ccccc2CC1C. The number of hydrogen-bond acceptors (Lipinski definition) is 3. The Labute approximate surface area is 163 Å². The number of nitrogens with zero attached hydrogens (tertiary/aromatic N) is 1. The van der Waals surface area contributed by atoms with Gasteiger partial charge in [-0.3, -0.25) is 9.59 Å². The van der Waals surface area contributed by atoms with Crippen LogP contribution in [-0.4, -0.2) is 25.0 Å². The van der Waals surface area contributed by atoms with E-state index in [0.717, 1.165) is 12.1 Å². The molecule has 2 aromatic carbocycles. The van der Waals surface area contributed by atoms with Crippen LogP contribution in [0.15, 0.2) is 42.5 Å². The van der Waals surface area contributed by atoms with E-state index in [9.17, 15) is 9.59 Å². The van der Waals surface area contributed by atoms with Gasteiger partial charge in [0.25, 0.3) is 0 Å². The number of fused-ring (bicyclic) bond motifs is 1. The highest BCUT2D eigenvalue weighted by Crippen LogP contribution is 2.44. The predicted molar refractivity (Wildman–Crippen MR) is 105 cm³/mol. The molecular formula is C21H21ClN2O3. The molecule has 1 aliphatic carbocycles. The monoisotopic (exact) mass is 384 g/mol. The summed E-state index contributed by atoms with van der Waals surface area (Å²) in [4.78, 5) is 27.5. The smallest absolute Gasteiger partial charge is 0.231 e. The Bertz CT molecular complexity index is 914. The number of hydrogen-bond donors (Lipinski definition) is 1. The van der Waals surface area contributed by atoms with E-state index in [0.29, 0.717) is 22.9 Å². The molecule has 27 heavy (non-hydrogen) atoms. The molecule has 0 aromatic heterocycles. The van der Waals surface area contributed by atoms with Crippen molar-refractivity contribution in [1.29, 1.82) is 0 Å². The first-order valence-electron chi connectivity index (χ1n) is 9.05. The van der Waals surface area contributed by atoms with Crippen LogP contribution in [0.5, 0.6) is 5.75 Å². The first-order valence-corrected chi connectivity index (χ1v) is 9.42. The van der Waals surface area contributed by atoms with Crippen molar-refractivity contribution in [3.8, 4) is 5.75 Å². The molecule has 3 atom stereocenters. The molecule has 140 valence electrons. The van der Waals surface area contributed by atoms with E-state index in [-0.39, 0.29) is 29.7 Å². The summed E-state index contributed by atoms with van der Waals surface area (Å²) in [5.74, 6) is -0.192. The number of para-hydroxylation sites is 1. The van der Waals surface area contributed by atoms with E-state index in [2.05, 4.69) is 11.4 Å². The van der Waals surface area contributed by atoms with E-state index in [1.54, 1.807) is 18.2 Å². The summed E-state index contributed by atoms with van der Waals surface area (Å²) >= 11 is 6.01.